The minimum atomic E-state index is -2.60. The number of piperazine rings is 1. The Morgan fingerprint density at radius 1 is 1.12 bits per heavy atom. The van der Waals surface area contributed by atoms with Crippen LogP contribution in [0.2, 0.25) is 0 Å². The molecule has 2 saturated heterocycles. The topological polar surface area (TPSA) is 61.8 Å². The van der Waals surface area contributed by atoms with Crippen LogP contribution in [0.5, 0.6) is 0 Å². The molecule has 1 aromatic rings. The summed E-state index contributed by atoms with van der Waals surface area (Å²) in [5, 5.41) is 0. The van der Waals surface area contributed by atoms with Crippen LogP contribution in [0.25, 0.3) is 0 Å². The van der Waals surface area contributed by atoms with Gasteiger partial charge >= 0.3 is 0 Å². The van der Waals surface area contributed by atoms with Crippen molar-refractivity contribution in [3.05, 3.63) is 18.1 Å². The molecule has 0 N–H and O–H groups in total. The van der Waals surface area contributed by atoms with E-state index >= 15 is 0 Å². The highest BCUT2D eigenvalue weighted by atomic mass is 19.3. The lowest BCUT2D eigenvalue weighted by Crippen LogP contribution is -2.51. The molecule has 0 atom stereocenters. The largest absolute Gasteiger partial charge is 0.378 e. The second kappa shape index (κ2) is 7.80. The predicted octanol–water partition coefficient (Wildman–Crippen LogP) is 0.395. The Bertz CT molecular complexity index is 561. The van der Waals surface area contributed by atoms with Gasteiger partial charge in [0.15, 0.2) is 0 Å². The monoisotopic (exact) mass is 341 g/mol. The van der Waals surface area contributed by atoms with E-state index in [4.69, 9.17) is 4.74 Å². The number of hydrogen-bond donors (Lipinski definition) is 0. The molecule has 0 bridgehead atoms. The summed E-state index contributed by atoms with van der Waals surface area (Å²) in [7, 11) is 0. The quantitative estimate of drug-likeness (QED) is 0.790. The minimum absolute atomic E-state index is 0.119. The number of rotatable bonds is 4. The SMILES string of the molecule is O=C(CN1CCN(c2cc(C(F)F)ncn2)CC1)N1CCOCC1. The first kappa shape index (κ1) is 17.0. The first-order valence-corrected chi connectivity index (χ1v) is 8.06. The third-order valence-corrected chi connectivity index (χ3v) is 4.32. The summed E-state index contributed by atoms with van der Waals surface area (Å²) in [4.78, 5) is 25.8. The molecule has 2 aliphatic heterocycles. The fourth-order valence-electron chi connectivity index (χ4n) is 2.89. The Morgan fingerprint density at radius 3 is 2.50 bits per heavy atom. The Balaban J connectivity index is 1.50. The molecule has 2 fully saturated rings. The number of amides is 1. The molecular weight excluding hydrogens is 320 g/mol. The summed E-state index contributed by atoms with van der Waals surface area (Å²) in [6, 6.07) is 1.33. The second-order valence-electron chi connectivity index (χ2n) is 5.86. The van der Waals surface area contributed by atoms with Gasteiger partial charge in [0.1, 0.15) is 17.8 Å². The van der Waals surface area contributed by atoms with Gasteiger partial charge in [0, 0.05) is 45.3 Å². The van der Waals surface area contributed by atoms with Gasteiger partial charge in [-0.3, -0.25) is 9.69 Å². The fourth-order valence-corrected chi connectivity index (χ4v) is 2.89. The van der Waals surface area contributed by atoms with Gasteiger partial charge in [0.05, 0.1) is 19.8 Å². The molecule has 0 aromatic carbocycles. The van der Waals surface area contributed by atoms with Crippen molar-refractivity contribution in [3.63, 3.8) is 0 Å². The minimum Gasteiger partial charge on any atom is -0.378 e. The van der Waals surface area contributed by atoms with Gasteiger partial charge in [-0.2, -0.15) is 0 Å². The highest BCUT2D eigenvalue weighted by Crippen LogP contribution is 2.20. The van der Waals surface area contributed by atoms with Gasteiger partial charge in [-0.1, -0.05) is 0 Å². The van der Waals surface area contributed by atoms with E-state index < -0.39 is 6.43 Å². The van der Waals surface area contributed by atoms with Crippen molar-refractivity contribution in [1.29, 1.82) is 0 Å². The van der Waals surface area contributed by atoms with E-state index in [2.05, 4.69) is 14.9 Å². The number of morpholine rings is 1. The third-order valence-electron chi connectivity index (χ3n) is 4.32. The number of aromatic nitrogens is 2. The van der Waals surface area contributed by atoms with Crippen LogP contribution in [-0.2, 0) is 9.53 Å². The average molecular weight is 341 g/mol. The molecule has 0 radical (unpaired) electrons. The van der Waals surface area contributed by atoms with Crippen molar-refractivity contribution in [1.82, 2.24) is 19.8 Å². The van der Waals surface area contributed by atoms with Gasteiger partial charge in [-0.15, -0.1) is 0 Å². The van der Waals surface area contributed by atoms with Crippen LogP contribution < -0.4 is 4.90 Å². The zero-order chi connectivity index (χ0) is 16.9. The summed E-state index contributed by atoms with van der Waals surface area (Å²) in [5.41, 5.74) is -0.259. The van der Waals surface area contributed by atoms with Crippen molar-refractivity contribution in [2.75, 3.05) is 63.9 Å². The van der Waals surface area contributed by atoms with Crippen molar-refractivity contribution in [2.24, 2.45) is 0 Å². The van der Waals surface area contributed by atoms with E-state index in [-0.39, 0.29) is 11.6 Å². The number of nitrogens with zero attached hydrogens (tertiary/aromatic N) is 5. The molecule has 9 heteroatoms. The van der Waals surface area contributed by atoms with E-state index in [9.17, 15) is 13.6 Å². The first-order chi connectivity index (χ1) is 11.6. The van der Waals surface area contributed by atoms with Gasteiger partial charge < -0.3 is 14.5 Å². The summed E-state index contributed by atoms with van der Waals surface area (Å²) in [6.45, 7) is 5.58. The normalized spacial score (nSPS) is 19.8. The van der Waals surface area contributed by atoms with E-state index in [1.54, 1.807) is 0 Å². The standard InChI is InChI=1S/C15H21F2N5O2/c16-15(17)12-9-13(19-11-18-12)21-3-1-20(2-4-21)10-14(23)22-5-7-24-8-6-22/h9,11,15H,1-8,10H2. The number of alkyl halides is 2. The summed E-state index contributed by atoms with van der Waals surface area (Å²) >= 11 is 0. The molecule has 0 aliphatic carbocycles. The van der Waals surface area contributed by atoms with Gasteiger partial charge in [-0.05, 0) is 0 Å². The van der Waals surface area contributed by atoms with Crippen molar-refractivity contribution < 1.29 is 18.3 Å². The summed E-state index contributed by atoms with van der Waals surface area (Å²) in [6.07, 6.45) is -1.43. The number of carbonyl (C=O) groups is 1. The Labute approximate surface area is 139 Å². The van der Waals surface area contributed by atoms with Crippen LogP contribution in [0, 0.1) is 0 Å². The van der Waals surface area contributed by atoms with E-state index in [1.807, 2.05) is 9.80 Å². The average Bonchev–Trinajstić information content (AvgIpc) is 2.63. The van der Waals surface area contributed by atoms with E-state index in [0.29, 0.717) is 64.8 Å². The smallest absolute Gasteiger partial charge is 0.280 e. The molecular formula is C15H21F2N5O2. The molecule has 1 amide bonds. The van der Waals surface area contributed by atoms with Crippen molar-refractivity contribution in [3.8, 4) is 0 Å². The number of hydrogen-bond acceptors (Lipinski definition) is 6. The zero-order valence-electron chi connectivity index (χ0n) is 13.4. The lowest BCUT2D eigenvalue weighted by atomic mass is 10.3. The van der Waals surface area contributed by atoms with Crippen LogP contribution in [0.3, 0.4) is 0 Å². The maximum Gasteiger partial charge on any atom is 0.280 e. The number of carbonyl (C=O) groups excluding carboxylic acids is 1. The molecule has 1 aromatic heterocycles. The maximum atomic E-state index is 12.7. The van der Waals surface area contributed by atoms with Crippen LogP contribution in [0.4, 0.5) is 14.6 Å². The predicted molar refractivity (Wildman–Crippen MR) is 83.0 cm³/mol. The summed E-state index contributed by atoms with van der Waals surface area (Å²) in [5.74, 6) is 0.633. The molecule has 0 saturated carbocycles. The Hall–Kier alpha value is -1.87. The molecule has 2 aliphatic rings. The molecule has 0 spiro atoms. The molecule has 3 heterocycles. The highest BCUT2D eigenvalue weighted by Gasteiger charge is 2.24. The second-order valence-corrected chi connectivity index (χ2v) is 5.86. The van der Waals surface area contributed by atoms with Crippen LogP contribution in [0.15, 0.2) is 12.4 Å². The van der Waals surface area contributed by atoms with E-state index in [0.717, 1.165) is 0 Å². The van der Waals surface area contributed by atoms with Gasteiger partial charge in [0.2, 0.25) is 5.91 Å². The van der Waals surface area contributed by atoms with Crippen LogP contribution in [0.1, 0.15) is 12.1 Å². The van der Waals surface area contributed by atoms with Crippen molar-refractivity contribution in [2.45, 2.75) is 6.43 Å². The first-order valence-electron chi connectivity index (χ1n) is 8.06. The lowest BCUT2D eigenvalue weighted by molar-refractivity contribution is -0.136. The zero-order valence-corrected chi connectivity index (χ0v) is 13.4. The number of ether oxygens (including phenoxy) is 1. The molecule has 0 unspecified atom stereocenters. The number of halogens is 2. The Morgan fingerprint density at radius 2 is 1.83 bits per heavy atom. The Kier molecular flexibility index (Phi) is 5.52. The van der Waals surface area contributed by atoms with Gasteiger partial charge in [0.25, 0.3) is 6.43 Å². The summed E-state index contributed by atoms with van der Waals surface area (Å²) < 4.78 is 30.7. The lowest BCUT2D eigenvalue weighted by Gasteiger charge is -2.36. The van der Waals surface area contributed by atoms with Gasteiger partial charge in [-0.25, -0.2) is 18.7 Å². The van der Waals surface area contributed by atoms with E-state index in [1.165, 1.54) is 12.4 Å². The molecule has 24 heavy (non-hydrogen) atoms. The molecule has 132 valence electrons. The highest BCUT2D eigenvalue weighted by molar-refractivity contribution is 5.78. The molecule has 7 nitrogen and oxygen atoms in total. The van der Waals surface area contributed by atoms with Crippen LogP contribution in [-0.4, -0.2) is 84.7 Å². The van der Waals surface area contributed by atoms with Crippen LogP contribution >= 0.6 is 0 Å². The van der Waals surface area contributed by atoms with Crippen molar-refractivity contribution >= 4 is 11.7 Å². The number of anilines is 1. The third kappa shape index (κ3) is 4.15. The maximum absolute atomic E-state index is 12.7. The fraction of sp³-hybridized carbons (Fsp3) is 0.667. The molecule has 3 rings (SSSR count).